The van der Waals surface area contributed by atoms with Crippen LogP contribution in [0.25, 0.3) is 6.08 Å². The third-order valence-electron chi connectivity index (χ3n) is 1.16. The number of hydrogen-bond donors (Lipinski definition) is 1. The van der Waals surface area contributed by atoms with Crippen molar-refractivity contribution in [2.45, 2.75) is 6.92 Å². The van der Waals surface area contributed by atoms with Crippen LogP contribution in [0, 0.1) is 18.3 Å². The molecule has 4 heteroatoms. The molecule has 2 N–H and O–H groups in total. The predicted octanol–water partition coefficient (Wildman–Crippen LogP) is 1.57. The summed E-state index contributed by atoms with van der Waals surface area (Å²) >= 11 is 1.38. The number of thiazole rings is 1. The van der Waals surface area contributed by atoms with E-state index in [0.717, 1.165) is 10.6 Å². The van der Waals surface area contributed by atoms with Gasteiger partial charge < -0.3 is 5.73 Å². The quantitative estimate of drug-likeness (QED) is 0.642. The predicted molar refractivity (Wildman–Crippen MR) is 45.9 cm³/mol. The number of rotatable bonds is 1. The summed E-state index contributed by atoms with van der Waals surface area (Å²) in [7, 11) is 0. The van der Waals surface area contributed by atoms with Gasteiger partial charge >= 0.3 is 0 Å². The van der Waals surface area contributed by atoms with Gasteiger partial charge in [-0.05, 0) is 13.0 Å². The highest BCUT2D eigenvalue weighted by atomic mass is 32.1. The molecule has 0 radical (unpaired) electrons. The second-order valence-electron chi connectivity index (χ2n) is 1.96. The van der Waals surface area contributed by atoms with E-state index in [1.807, 2.05) is 13.0 Å². The lowest BCUT2D eigenvalue weighted by Crippen LogP contribution is -1.80. The van der Waals surface area contributed by atoms with E-state index in [1.54, 1.807) is 6.08 Å². The van der Waals surface area contributed by atoms with Crippen molar-refractivity contribution in [3.63, 3.8) is 0 Å². The Labute approximate surface area is 68.8 Å². The summed E-state index contributed by atoms with van der Waals surface area (Å²) < 4.78 is 0. The van der Waals surface area contributed by atoms with Gasteiger partial charge in [-0.1, -0.05) is 11.3 Å². The van der Waals surface area contributed by atoms with Crippen LogP contribution in [0.3, 0.4) is 0 Å². The topological polar surface area (TPSA) is 62.7 Å². The molecule has 0 aliphatic rings. The average molecular weight is 165 g/mol. The molecular weight excluding hydrogens is 158 g/mol. The molecule has 11 heavy (non-hydrogen) atoms. The van der Waals surface area contributed by atoms with Crippen molar-refractivity contribution in [1.29, 1.82) is 5.26 Å². The number of allylic oxidation sites excluding steroid dienone is 1. The number of aromatic nitrogens is 1. The van der Waals surface area contributed by atoms with E-state index in [4.69, 9.17) is 11.0 Å². The second-order valence-corrected chi connectivity index (χ2v) is 3.03. The van der Waals surface area contributed by atoms with Gasteiger partial charge in [0.25, 0.3) is 0 Å². The third kappa shape index (κ3) is 1.79. The minimum Gasteiger partial charge on any atom is -0.375 e. The fourth-order valence-corrected chi connectivity index (χ4v) is 1.43. The highest BCUT2D eigenvalue weighted by Crippen LogP contribution is 2.20. The molecule has 1 rings (SSSR count). The lowest BCUT2D eigenvalue weighted by atomic mass is 10.4. The maximum Gasteiger partial charge on any atom is 0.180 e. The van der Waals surface area contributed by atoms with Crippen molar-refractivity contribution < 1.29 is 0 Å². The Kier molecular flexibility index (Phi) is 2.24. The van der Waals surface area contributed by atoms with Gasteiger partial charge in [0.1, 0.15) is 0 Å². The average Bonchev–Trinajstić information content (AvgIpc) is 2.26. The van der Waals surface area contributed by atoms with Crippen molar-refractivity contribution >= 4 is 22.5 Å². The Morgan fingerprint density at radius 3 is 2.91 bits per heavy atom. The first-order chi connectivity index (χ1) is 5.24. The van der Waals surface area contributed by atoms with Gasteiger partial charge in [0.2, 0.25) is 0 Å². The van der Waals surface area contributed by atoms with Gasteiger partial charge in [-0.25, -0.2) is 4.98 Å². The number of hydrogen-bond acceptors (Lipinski definition) is 4. The third-order valence-corrected chi connectivity index (χ3v) is 2.11. The highest BCUT2D eigenvalue weighted by molar-refractivity contribution is 7.16. The lowest BCUT2D eigenvalue weighted by Gasteiger charge is -1.81. The molecule has 0 atom stereocenters. The maximum atomic E-state index is 8.24. The van der Waals surface area contributed by atoms with Crippen molar-refractivity contribution in [2.75, 3.05) is 5.73 Å². The van der Waals surface area contributed by atoms with Crippen LogP contribution >= 0.6 is 11.3 Å². The number of aryl methyl sites for hydroxylation is 1. The van der Waals surface area contributed by atoms with Gasteiger partial charge in [-0.15, -0.1) is 0 Å². The number of nitrogens with two attached hydrogens (primary N) is 1. The van der Waals surface area contributed by atoms with E-state index in [-0.39, 0.29) is 0 Å². The number of nitrogen functional groups attached to an aromatic ring is 1. The molecule has 1 aromatic rings. The molecule has 56 valence electrons. The molecule has 0 amide bonds. The summed E-state index contributed by atoms with van der Waals surface area (Å²) in [5.41, 5.74) is 6.32. The molecule has 0 unspecified atom stereocenters. The van der Waals surface area contributed by atoms with E-state index >= 15 is 0 Å². The van der Waals surface area contributed by atoms with Gasteiger partial charge in [0.15, 0.2) is 5.13 Å². The molecule has 0 aromatic carbocycles. The molecule has 0 saturated heterocycles. The molecule has 1 heterocycles. The van der Waals surface area contributed by atoms with E-state index in [0.29, 0.717) is 5.13 Å². The zero-order valence-corrected chi connectivity index (χ0v) is 6.85. The van der Waals surface area contributed by atoms with Gasteiger partial charge in [0, 0.05) is 6.08 Å². The first-order valence-corrected chi connectivity index (χ1v) is 3.84. The monoisotopic (exact) mass is 165 g/mol. The van der Waals surface area contributed by atoms with Gasteiger partial charge in [-0.3, -0.25) is 0 Å². The van der Waals surface area contributed by atoms with Crippen LogP contribution in [-0.2, 0) is 0 Å². The largest absolute Gasteiger partial charge is 0.375 e. The van der Waals surface area contributed by atoms with Gasteiger partial charge in [-0.2, -0.15) is 5.26 Å². The van der Waals surface area contributed by atoms with Crippen LogP contribution < -0.4 is 5.73 Å². The Hall–Kier alpha value is -1.34. The van der Waals surface area contributed by atoms with Crippen LogP contribution in [0.2, 0.25) is 0 Å². The zero-order chi connectivity index (χ0) is 8.27. The summed E-state index contributed by atoms with van der Waals surface area (Å²) in [6, 6.07) is 1.91. The van der Waals surface area contributed by atoms with E-state index in [1.165, 1.54) is 17.4 Å². The van der Waals surface area contributed by atoms with E-state index in [9.17, 15) is 0 Å². The highest BCUT2D eigenvalue weighted by Gasteiger charge is 1.99. The fraction of sp³-hybridized carbons (Fsp3) is 0.143. The summed E-state index contributed by atoms with van der Waals surface area (Å²) in [5.74, 6) is 0. The molecule has 1 aromatic heterocycles. The zero-order valence-electron chi connectivity index (χ0n) is 6.03. The van der Waals surface area contributed by atoms with Crippen LogP contribution in [0.4, 0.5) is 5.13 Å². The molecule has 0 spiro atoms. The molecule has 3 nitrogen and oxygen atoms in total. The van der Waals surface area contributed by atoms with Crippen molar-refractivity contribution in [1.82, 2.24) is 4.98 Å². The molecule has 0 aliphatic carbocycles. The van der Waals surface area contributed by atoms with Crippen LogP contribution in [0.5, 0.6) is 0 Å². The molecular formula is C7H7N3S. The fourth-order valence-electron chi connectivity index (χ4n) is 0.697. The summed E-state index contributed by atoms with van der Waals surface area (Å²) in [4.78, 5) is 4.95. The van der Waals surface area contributed by atoms with E-state index < -0.39 is 0 Å². The van der Waals surface area contributed by atoms with Crippen LogP contribution in [0.1, 0.15) is 10.6 Å². The Morgan fingerprint density at radius 1 is 1.73 bits per heavy atom. The second kappa shape index (κ2) is 3.17. The number of anilines is 1. The smallest absolute Gasteiger partial charge is 0.180 e. The Morgan fingerprint density at radius 2 is 2.45 bits per heavy atom. The molecule has 0 bridgehead atoms. The maximum absolute atomic E-state index is 8.24. The lowest BCUT2D eigenvalue weighted by molar-refractivity contribution is 1.26. The van der Waals surface area contributed by atoms with Crippen LogP contribution in [0.15, 0.2) is 6.08 Å². The van der Waals surface area contributed by atoms with Crippen molar-refractivity contribution in [2.24, 2.45) is 0 Å². The summed E-state index contributed by atoms with van der Waals surface area (Å²) in [5, 5.41) is 8.78. The van der Waals surface area contributed by atoms with E-state index in [2.05, 4.69) is 4.98 Å². The summed E-state index contributed by atoms with van der Waals surface area (Å²) in [6.45, 7) is 1.86. The molecule has 0 saturated carbocycles. The minimum atomic E-state index is 0.542. The SMILES string of the molecule is Cc1nc(N)sc1C=CC#N. The minimum absolute atomic E-state index is 0.542. The first kappa shape index (κ1) is 7.76. The molecule has 0 aliphatic heterocycles. The standard InChI is InChI=1S/C7H7N3S/c1-5-6(3-2-4-8)11-7(9)10-5/h2-3H,1H3,(H2,9,10). The Bertz CT molecular complexity index is 319. The molecule has 0 fully saturated rings. The van der Waals surface area contributed by atoms with Crippen molar-refractivity contribution in [3.05, 3.63) is 16.6 Å². The first-order valence-electron chi connectivity index (χ1n) is 3.03. The van der Waals surface area contributed by atoms with Crippen LogP contribution in [-0.4, -0.2) is 4.98 Å². The van der Waals surface area contributed by atoms with Gasteiger partial charge in [0.05, 0.1) is 16.6 Å². The number of nitrogens with zero attached hydrogens (tertiary/aromatic N) is 2. The number of nitriles is 1. The Balaban J connectivity index is 2.96. The van der Waals surface area contributed by atoms with Crippen molar-refractivity contribution in [3.8, 4) is 6.07 Å². The summed E-state index contributed by atoms with van der Waals surface area (Å²) in [6.07, 6.45) is 3.13. The normalized spacial score (nSPS) is 10.2.